The molecule has 9 nitrogen and oxygen atoms in total. The van der Waals surface area contributed by atoms with E-state index < -0.39 is 15.9 Å². The number of rotatable bonds is 7. The van der Waals surface area contributed by atoms with Crippen molar-refractivity contribution >= 4 is 48.8 Å². The van der Waals surface area contributed by atoms with Crippen molar-refractivity contribution in [2.24, 2.45) is 5.10 Å². The lowest BCUT2D eigenvalue weighted by molar-refractivity contribution is 0.0730. The van der Waals surface area contributed by atoms with Gasteiger partial charge in [-0.2, -0.15) is 14.4 Å². The first-order valence-electron chi connectivity index (χ1n) is 11.9. The van der Waals surface area contributed by atoms with Crippen LogP contribution in [0.2, 0.25) is 0 Å². The molecule has 1 saturated heterocycles. The van der Waals surface area contributed by atoms with Crippen LogP contribution in [0.15, 0.2) is 76.7 Å². The van der Waals surface area contributed by atoms with E-state index in [1.165, 1.54) is 44.9 Å². The number of fused-ring (bicyclic) bond motifs is 1. The minimum absolute atomic E-state index is 0.123. The number of amides is 1. The molecule has 196 valence electrons. The Balaban J connectivity index is 1.48. The summed E-state index contributed by atoms with van der Waals surface area (Å²) in [5.41, 5.74) is 2.93. The fraction of sp³-hybridized carbons (Fsp3) is 0.222. The summed E-state index contributed by atoms with van der Waals surface area (Å²) in [7, 11) is -2.08. The lowest BCUT2D eigenvalue weighted by Gasteiger charge is -2.26. The number of carbonyl (C=O) groups excluding carboxylic acids is 1. The van der Waals surface area contributed by atoms with Gasteiger partial charge < -0.3 is 9.47 Å². The molecule has 5 rings (SSSR count). The van der Waals surface area contributed by atoms with Crippen molar-refractivity contribution in [3.8, 4) is 5.75 Å². The number of aryl methyl sites for hydroxylation is 1. The van der Waals surface area contributed by atoms with Crippen LogP contribution >= 0.6 is 11.3 Å². The van der Waals surface area contributed by atoms with E-state index in [1.54, 1.807) is 19.4 Å². The number of hydrogen-bond acceptors (Lipinski definition) is 8. The number of benzene rings is 3. The molecule has 11 heteroatoms. The Morgan fingerprint density at radius 2 is 1.79 bits per heavy atom. The van der Waals surface area contributed by atoms with E-state index in [2.05, 4.69) is 10.1 Å². The van der Waals surface area contributed by atoms with Crippen LogP contribution in [0.25, 0.3) is 10.2 Å². The van der Waals surface area contributed by atoms with E-state index in [-0.39, 0.29) is 10.5 Å². The number of anilines is 1. The van der Waals surface area contributed by atoms with Crippen molar-refractivity contribution in [2.45, 2.75) is 11.8 Å². The van der Waals surface area contributed by atoms with Gasteiger partial charge in [0.05, 0.1) is 41.7 Å². The summed E-state index contributed by atoms with van der Waals surface area (Å²) < 4.78 is 38.8. The maximum atomic E-state index is 13.7. The number of sulfonamides is 1. The number of ether oxygens (including phenoxy) is 2. The SMILES string of the molecule is COc1ccc2nc(N(/N=C/c3ccc(C)cc3)C(=O)c3ccc(S(=O)(=O)N4CCOCC4)cc3)sc2c1. The number of hydrazone groups is 1. The normalized spacial score (nSPS) is 14.7. The number of nitrogens with zero attached hydrogens (tertiary/aromatic N) is 4. The number of methoxy groups -OCH3 is 1. The summed E-state index contributed by atoms with van der Waals surface area (Å²) in [4.78, 5) is 18.4. The highest BCUT2D eigenvalue weighted by Gasteiger charge is 2.27. The van der Waals surface area contributed by atoms with Crippen molar-refractivity contribution in [1.29, 1.82) is 0 Å². The molecule has 1 fully saturated rings. The summed E-state index contributed by atoms with van der Waals surface area (Å²) in [6.07, 6.45) is 1.60. The average Bonchev–Trinajstić information content (AvgIpc) is 3.37. The maximum absolute atomic E-state index is 13.7. The van der Waals surface area contributed by atoms with Gasteiger partial charge in [-0.15, -0.1) is 0 Å². The Hall–Kier alpha value is -3.64. The van der Waals surface area contributed by atoms with E-state index in [9.17, 15) is 13.2 Å². The molecular formula is C27H26N4O5S2. The quantitative estimate of drug-likeness (QED) is 0.251. The van der Waals surface area contributed by atoms with Crippen LogP contribution in [-0.2, 0) is 14.8 Å². The van der Waals surface area contributed by atoms with Gasteiger partial charge in [-0.05, 0) is 55.0 Å². The van der Waals surface area contributed by atoms with E-state index in [0.29, 0.717) is 42.7 Å². The first kappa shape index (κ1) is 26.0. The smallest absolute Gasteiger partial charge is 0.280 e. The minimum Gasteiger partial charge on any atom is -0.497 e. The van der Waals surface area contributed by atoms with Crippen molar-refractivity contribution < 1.29 is 22.7 Å². The van der Waals surface area contributed by atoms with Crippen LogP contribution < -0.4 is 9.75 Å². The summed E-state index contributed by atoms with van der Waals surface area (Å²) in [5.74, 6) is 0.250. The van der Waals surface area contributed by atoms with Crippen molar-refractivity contribution in [1.82, 2.24) is 9.29 Å². The zero-order valence-corrected chi connectivity index (χ0v) is 22.5. The zero-order valence-electron chi connectivity index (χ0n) is 20.9. The van der Waals surface area contributed by atoms with Gasteiger partial charge in [0.25, 0.3) is 5.91 Å². The Morgan fingerprint density at radius 3 is 2.47 bits per heavy atom. The van der Waals surface area contributed by atoms with Gasteiger partial charge in [-0.1, -0.05) is 41.2 Å². The van der Waals surface area contributed by atoms with Crippen LogP contribution in [0.3, 0.4) is 0 Å². The van der Waals surface area contributed by atoms with Crippen molar-refractivity contribution in [2.75, 3.05) is 38.4 Å². The summed E-state index contributed by atoms with van der Waals surface area (Å²) >= 11 is 1.31. The maximum Gasteiger partial charge on any atom is 0.280 e. The van der Waals surface area contributed by atoms with E-state index in [0.717, 1.165) is 15.8 Å². The molecule has 0 unspecified atom stereocenters. The van der Waals surface area contributed by atoms with Gasteiger partial charge >= 0.3 is 0 Å². The first-order valence-corrected chi connectivity index (χ1v) is 14.2. The third-order valence-corrected chi connectivity index (χ3v) is 8.97. The van der Waals surface area contributed by atoms with Crippen LogP contribution in [0.1, 0.15) is 21.5 Å². The molecule has 0 saturated carbocycles. The number of hydrogen-bond donors (Lipinski definition) is 0. The summed E-state index contributed by atoms with van der Waals surface area (Å²) in [5, 5.41) is 6.11. The molecule has 0 aliphatic carbocycles. The van der Waals surface area contributed by atoms with Crippen molar-refractivity contribution in [3.05, 3.63) is 83.4 Å². The second-order valence-corrected chi connectivity index (χ2v) is 11.6. The van der Waals surface area contributed by atoms with Crippen LogP contribution in [0.5, 0.6) is 5.75 Å². The Kier molecular flexibility index (Phi) is 7.52. The van der Waals surface area contributed by atoms with Gasteiger partial charge in [0.15, 0.2) is 0 Å². The van der Waals surface area contributed by atoms with Gasteiger partial charge in [0.2, 0.25) is 15.2 Å². The monoisotopic (exact) mass is 550 g/mol. The molecule has 1 aliphatic rings. The lowest BCUT2D eigenvalue weighted by atomic mass is 10.2. The lowest BCUT2D eigenvalue weighted by Crippen LogP contribution is -2.40. The second-order valence-electron chi connectivity index (χ2n) is 8.64. The molecule has 2 heterocycles. The highest BCUT2D eigenvalue weighted by Crippen LogP contribution is 2.32. The fourth-order valence-corrected chi connectivity index (χ4v) is 6.26. The predicted molar refractivity (Wildman–Crippen MR) is 148 cm³/mol. The number of thiazole rings is 1. The van der Waals surface area contributed by atoms with Crippen molar-refractivity contribution in [3.63, 3.8) is 0 Å². The molecule has 3 aromatic carbocycles. The van der Waals surface area contributed by atoms with Gasteiger partial charge in [-0.3, -0.25) is 4.79 Å². The number of morpholine rings is 1. The van der Waals surface area contributed by atoms with E-state index in [1.807, 2.05) is 43.3 Å². The minimum atomic E-state index is -3.67. The molecule has 0 atom stereocenters. The largest absolute Gasteiger partial charge is 0.497 e. The Morgan fingerprint density at radius 1 is 1.08 bits per heavy atom. The molecule has 4 aromatic rings. The predicted octanol–water partition coefficient (Wildman–Crippen LogP) is 4.32. The van der Waals surface area contributed by atoms with Gasteiger partial charge in [-0.25, -0.2) is 13.4 Å². The van der Waals surface area contributed by atoms with Gasteiger partial charge in [0.1, 0.15) is 5.75 Å². The molecular weight excluding hydrogens is 524 g/mol. The molecule has 0 bridgehead atoms. The highest BCUT2D eigenvalue weighted by atomic mass is 32.2. The molecule has 38 heavy (non-hydrogen) atoms. The molecule has 0 N–H and O–H groups in total. The standard InChI is InChI=1S/C27H26N4O5S2/c1-19-3-5-20(6-4-19)18-28-31(27-29-24-12-9-22(35-2)17-25(24)37-27)26(32)21-7-10-23(11-8-21)38(33,34)30-13-15-36-16-14-30/h3-12,17-18H,13-16H2,1-2H3/b28-18+. The topological polar surface area (TPSA) is 101 Å². The number of aromatic nitrogens is 1. The Bertz CT molecular complexity index is 1580. The Labute approximate surface area is 225 Å². The summed E-state index contributed by atoms with van der Waals surface area (Å²) in [6, 6.07) is 19.1. The molecule has 1 aliphatic heterocycles. The average molecular weight is 551 g/mol. The zero-order chi connectivity index (χ0) is 26.7. The van der Waals surface area contributed by atoms with E-state index in [4.69, 9.17) is 9.47 Å². The van der Waals surface area contributed by atoms with Crippen LogP contribution in [0.4, 0.5) is 5.13 Å². The highest BCUT2D eigenvalue weighted by molar-refractivity contribution is 7.89. The molecule has 1 aromatic heterocycles. The van der Waals surface area contributed by atoms with E-state index >= 15 is 0 Å². The third-order valence-electron chi connectivity index (χ3n) is 6.07. The first-order chi connectivity index (χ1) is 18.3. The third kappa shape index (κ3) is 5.46. The molecule has 1 amide bonds. The fourth-order valence-electron chi connectivity index (χ4n) is 3.90. The number of carbonyl (C=O) groups is 1. The van der Waals surface area contributed by atoms with Gasteiger partial charge in [0, 0.05) is 18.7 Å². The molecule has 0 radical (unpaired) electrons. The second kappa shape index (κ2) is 11.0. The summed E-state index contributed by atoms with van der Waals surface area (Å²) in [6.45, 7) is 3.31. The van der Waals surface area contributed by atoms with Crippen LogP contribution in [-0.4, -0.2) is 63.2 Å². The van der Waals surface area contributed by atoms with Crippen LogP contribution in [0, 0.1) is 6.92 Å². The molecule has 0 spiro atoms.